The molecule has 0 fully saturated rings. The van der Waals surface area contributed by atoms with E-state index in [1.165, 1.54) is 55.5 Å². The number of hydrogen-bond acceptors (Lipinski definition) is 4. The van der Waals surface area contributed by atoms with E-state index in [-0.39, 0.29) is 17.2 Å². The van der Waals surface area contributed by atoms with Crippen molar-refractivity contribution in [2.24, 2.45) is 0 Å². The molecule has 5 nitrogen and oxygen atoms in total. The van der Waals surface area contributed by atoms with Crippen LogP contribution in [0.15, 0.2) is 48.5 Å². The van der Waals surface area contributed by atoms with E-state index in [1.807, 2.05) is 0 Å². The number of Topliss-reactive ketones (excluding diaryl/α,β-unsaturated/α-hetero) is 1. The first kappa shape index (κ1) is 14.6. The van der Waals surface area contributed by atoms with E-state index in [1.54, 1.807) is 0 Å². The molecule has 2 rings (SSSR count). The number of rotatable bonds is 5. The van der Waals surface area contributed by atoms with Crippen LogP contribution in [0.4, 0.5) is 10.1 Å². The highest BCUT2D eigenvalue weighted by atomic mass is 19.1. The average molecular weight is 289 g/mol. The van der Waals surface area contributed by atoms with Gasteiger partial charge in [-0.05, 0) is 37.3 Å². The van der Waals surface area contributed by atoms with Gasteiger partial charge in [0.15, 0.2) is 6.10 Å². The molecule has 0 aromatic heterocycles. The molecule has 0 spiro atoms. The summed E-state index contributed by atoms with van der Waals surface area (Å²) in [6, 6.07) is 10.7. The number of ether oxygens (including phenoxy) is 1. The van der Waals surface area contributed by atoms with Gasteiger partial charge in [0.05, 0.1) is 11.0 Å². The second-order valence-corrected chi connectivity index (χ2v) is 4.39. The molecule has 0 aliphatic rings. The van der Waals surface area contributed by atoms with E-state index in [9.17, 15) is 19.3 Å². The van der Waals surface area contributed by atoms with Crippen LogP contribution in [-0.2, 0) is 0 Å². The third kappa shape index (κ3) is 3.62. The van der Waals surface area contributed by atoms with Crippen LogP contribution >= 0.6 is 0 Å². The van der Waals surface area contributed by atoms with Gasteiger partial charge in [0.25, 0.3) is 5.69 Å². The van der Waals surface area contributed by atoms with Crippen LogP contribution in [0.1, 0.15) is 17.3 Å². The summed E-state index contributed by atoms with van der Waals surface area (Å²) in [6.07, 6.45) is -0.836. The molecular formula is C15H12FNO4. The van der Waals surface area contributed by atoms with Crippen molar-refractivity contribution in [1.82, 2.24) is 0 Å². The Hall–Kier alpha value is -2.76. The molecule has 108 valence electrons. The second kappa shape index (κ2) is 6.13. The number of nitro benzene ring substituents is 1. The standard InChI is InChI=1S/C15H12FNO4/c1-10(15(18)11-5-7-12(16)8-6-11)21-14-4-2-3-13(9-14)17(19)20/h2-10H,1H3/t10-/m0/s1. The summed E-state index contributed by atoms with van der Waals surface area (Å²) in [6.45, 7) is 1.53. The Kier molecular flexibility index (Phi) is 4.27. The van der Waals surface area contributed by atoms with Crippen molar-refractivity contribution in [2.45, 2.75) is 13.0 Å². The van der Waals surface area contributed by atoms with Gasteiger partial charge in [-0.15, -0.1) is 0 Å². The minimum atomic E-state index is -0.836. The summed E-state index contributed by atoms with van der Waals surface area (Å²) in [4.78, 5) is 22.2. The van der Waals surface area contributed by atoms with Crippen molar-refractivity contribution in [3.8, 4) is 5.75 Å². The molecule has 2 aromatic carbocycles. The normalized spacial score (nSPS) is 11.7. The number of ketones is 1. The lowest BCUT2D eigenvalue weighted by Crippen LogP contribution is -2.23. The Labute approximate surface area is 120 Å². The highest BCUT2D eigenvalue weighted by Crippen LogP contribution is 2.21. The Bertz CT molecular complexity index is 670. The number of halogens is 1. The Balaban J connectivity index is 2.12. The zero-order chi connectivity index (χ0) is 15.4. The van der Waals surface area contributed by atoms with Gasteiger partial charge in [0.2, 0.25) is 5.78 Å². The molecule has 2 aromatic rings. The fourth-order valence-electron chi connectivity index (χ4n) is 1.78. The SMILES string of the molecule is C[C@H](Oc1cccc([N+](=O)[O-])c1)C(=O)c1ccc(F)cc1. The van der Waals surface area contributed by atoms with Crippen molar-refractivity contribution in [3.05, 3.63) is 70.0 Å². The quantitative estimate of drug-likeness (QED) is 0.480. The molecule has 0 amide bonds. The third-order valence-electron chi connectivity index (χ3n) is 2.84. The van der Waals surface area contributed by atoms with Crippen LogP contribution in [0.3, 0.4) is 0 Å². The molecular weight excluding hydrogens is 277 g/mol. The molecule has 0 aliphatic carbocycles. The maximum absolute atomic E-state index is 12.8. The van der Waals surface area contributed by atoms with Gasteiger partial charge in [0, 0.05) is 11.6 Å². The van der Waals surface area contributed by atoms with Crippen molar-refractivity contribution >= 4 is 11.5 Å². The average Bonchev–Trinajstić information content (AvgIpc) is 2.47. The number of nitro groups is 1. The predicted octanol–water partition coefficient (Wildman–Crippen LogP) is 3.38. The maximum Gasteiger partial charge on any atom is 0.273 e. The first-order valence-corrected chi connectivity index (χ1v) is 6.18. The van der Waals surface area contributed by atoms with Gasteiger partial charge in [-0.25, -0.2) is 4.39 Å². The monoisotopic (exact) mass is 289 g/mol. The van der Waals surface area contributed by atoms with E-state index >= 15 is 0 Å². The third-order valence-corrected chi connectivity index (χ3v) is 2.84. The van der Waals surface area contributed by atoms with E-state index < -0.39 is 16.8 Å². The minimum Gasteiger partial charge on any atom is -0.482 e. The van der Waals surface area contributed by atoms with Gasteiger partial charge in [-0.3, -0.25) is 14.9 Å². The molecule has 0 heterocycles. The van der Waals surface area contributed by atoms with E-state index in [0.717, 1.165) is 0 Å². The molecule has 1 atom stereocenters. The van der Waals surface area contributed by atoms with Crippen LogP contribution < -0.4 is 4.74 Å². The summed E-state index contributed by atoms with van der Waals surface area (Å²) in [5.74, 6) is -0.535. The molecule has 0 saturated carbocycles. The highest BCUT2D eigenvalue weighted by molar-refractivity contribution is 5.99. The fourth-order valence-corrected chi connectivity index (χ4v) is 1.78. The first-order chi connectivity index (χ1) is 9.97. The van der Waals surface area contributed by atoms with Crippen LogP contribution in [0.5, 0.6) is 5.75 Å². The minimum absolute atomic E-state index is 0.117. The van der Waals surface area contributed by atoms with Crippen molar-refractivity contribution < 1.29 is 18.8 Å². The molecule has 0 unspecified atom stereocenters. The van der Waals surface area contributed by atoms with Crippen LogP contribution in [0.25, 0.3) is 0 Å². The van der Waals surface area contributed by atoms with E-state index in [4.69, 9.17) is 4.74 Å². The number of hydrogen-bond donors (Lipinski definition) is 0. The Morgan fingerprint density at radius 1 is 1.24 bits per heavy atom. The summed E-state index contributed by atoms with van der Waals surface area (Å²) < 4.78 is 18.2. The number of carbonyl (C=O) groups excluding carboxylic acids is 1. The molecule has 6 heteroatoms. The molecule has 0 radical (unpaired) electrons. The lowest BCUT2D eigenvalue weighted by molar-refractivity contribution is -0.384. The molecule has 21 heavy (non-hydrogen) atoms. The molecule has 0 bridgehead atoms. The smallest absolute Gasteiger partial charge is 0.273 e. The van der Waals surface area contributed by atoms with Crippen LogP contribution in [-0.4, -0.2) is 16.8 Å². The van der Waals surface area contributed by atoms with E-state index in [2.05, 4.69) is 0 Å². The number of non-ortho nitro benzene ring substituents is 1. The summed E-state index contributed by atoms with van der Waals surface area (Å²) in [7, 11) is 0. The number of nitrogens with zero attached hydrogens (tertiary/aromatic N) is 1. The molecule has 0 N–H and O–H groups in total. The molecule has 0 saturated heterocycles. The van der Waals surface area contributed by atoms with Crippen molar-refractivity contribution in [1.29, 1.82) is 0 Å². The maximum atomic E-state index is 12.8. The molecule has 0 aliphatic heterocycles. The largest absolute Gasteiger partial charge is 0.482 e. The summed E-state index contributed by atoms with van der Waals surface area (Å²) >= 11 is 0. The van der Waals surface area contributed by atoms with Gasteiger partial charge < -0.3 is 4.74 Å². The predicted molar refractivity (Wildman–Crippen MR) is 73.9 cm³/mol. The fraction of sp³-hybridized carbons (Fsp3) is 0.133. The van der Waals surface area contributed by atoms with E-state index in [0.29, 0.717) is 5.56 Å². The topological polar surface area (TPSA) is 69.4 Å². The summed E-state index contributed by atoms with van der Waals surface area (Å²) in [5, 5.41) is 10.7. The Morgan fingerprint density at radius 3 is 2.52 bits per heavy atom. The summed E-state index contributed by atoms with van der Waals surface area (Å²) in [5.41, 5.74) is 0.197. The highest BCUT2D eigenvalue weighted by Gasteiger charge is 2.18. The second-order valence-electron chi connectivity index (χ2n) is 4.39. The first-order valence-electron chi connectivity index (χ1n) is 6.18. The Morgan fingerprint density at radius 2 is 1.90 bits per heavy atom. The van der Waals surface area contributed by atoms with Crippen LogP contribution in [0, 0.1) is 15.9 Å². The number of benzene rings is 2. The van der Waals surface area contributed by atoms with Crippen LogP contribution in [0.2, 0.25) is 0 Å². The lowest BCUT2D eigenvalue weighted by atomic mass is 10.1. The van der Waals surface area contributed by atoms with Crippen molar-refractivity contribution in [2.75, 3.05) is 0 Å². The van der Waals surface area contributed by atoms with Gasteiger partial charge in [-0.2, -0.15) is 0 Å². The zero-order valence-electron chi connectivity index (χ0n) is 11.2. The van der Waals surface area contributed by atoms with Gasteiger partial charge in [0.1, 0.15) is 11.6 Å². The van der Waals surface area contributed by atoms with Gasteiger partial charge >= 0.3 is 0 Å². The van der Waals surface area contributed by atoms with Crippen molar-refractivity contribution in [3.63, 3.8) is 0 Å². The zero-order valence-corrected chi connectivity index (χ0v) is 11.2. The number of carbonyl (C=O) groups is 1. The lowest BCUT2D eigenvalue weighted by Gasteiger charge is -2.13. The van der Waals surface area contributed by atoms with Gasteiger partial charge in [-0.1, -0.05) is 6.07 Å².